The van der Waals surface area contributed by atoms with E-state index >= 15 is 0 Å². The van der Waals surface area contributed by atoms with Gasteiger partial charge >= 0.3 is 0 Å². The van der Waals surface area contributed by atoms with E-state index in [-0.39, 0.29) is 5.15 Å². The Labute approximate surface area is 94.1 Å². The summed E-state index contributed by atoms with van der Waals surface area (Å²) in [5.41, 5.74) is 2.06. The zero-order valence-electron chi connectivity index (χ0n) is 7.25. The largest absolute Gasteiger partial charge is 0.289 e. The first-order valence-electron chi connectivity index (χ1n) is 3.87. The van der Waals surface area contributed by atoms with Crippen molar-refractivity contribution in [3.63, 3.8) is 0 Å². The lowest BCUT2D eigenvalue weighted by Crippen LogP contribution is -1.90. The predicted molar refractivity (Wildman–Crippen MR) is 57.4 cm³/mol. The fourth-order valence-corrected chi connectivity index (χ4v) is 2.10. The second-order valence-electron chi connectivity index (χ2n) is 2.90. The maximum absolute atomic E-state index is 8.88. The normalized spacial score (nSPS) is 10.4. The molecule has 0 saturated carbocycles. The predicted octanol–water partition coefficient (Wildman–Crippen LogP) is 2.93. The van der Waals surface area contributed by atoms with Crippen molar-refractivity contribution in [2.45, 2.75) is 6.92 Å². The molecule has 2 aromatic heterocycles. The topological polar surface area (TPSA) is 41.1 Å². The Balaban J connectivity index is 2.97. The molecule has 0 spiro atoms. The van der Waals surface area contributed by atoms with E-state index in [1.807, 2.05) is 19.1 Å². The molecular formula is C9H5BrClN3. The number of aryl methyl sites for hydroxylation is 1. The van der Waals surface area contributed by atoms with Crippen molar-refractivity contribution in [2.24, 2.45) is 0 Å². The monoisotopic (exact) mass is 269 g/mol. The molecule has 0 aliphatic heterocycles. The molecule has 0 N–H and O–H groups in total. The number of pyridine rings is 1. The van der Waals surface area contributed by atoms with Crippen LogP contribution in [0.5, 0.6) is 0 Å². The summed E-state index contributed by atoms with van der Waals surface area (Å²) >= 11 is 9.18. The highest BCUT2D eigenvalue weighted by Crippen LogP contribution is 2.22. The Bertz CT molecular complexity index is 553. The molecular weight excluding hydrogens is 265 g/mol. The van der Waals surface area contributed by atoms with Gasteiger partial charge in [0.1, 0.15) is 11.7 Å². The fourth-order valence-electron chi connectivity index (χ4n) is 1.34. The van der Waals surface area contributed by atoms with Gasteiger partial charge in [-0.05, 0) is 34.5 Å². The second kappa shape index (κ2) is 3.26. The van der Waals surface area contributed by atoms with E-state index in [0.29, 0.717) is 5.69 Å². The zero-order valence-corrected chi connectivity index (χ0v) is 9.59. The Morgan fingerprint density at radius 2 is 2.36 bits per heavy atom. The summed E-state index contributed by atoms with van der Waals surface area (Å²) in [5, 5.41) is 9.12. The number of nitrogens with zero attached hydrogens (tertiary/aromatic N) is 3. The highest BCUT2D eigenvalue weighted by molar-refractivity contribution is 9.10. The van der Waals surface area contributed by atoms with Crippen LogP contribution >= 0.6 is 27.5 Å². The summed E-state index contributed by atoms with van der Waals surface area (Å²) < 4.78 is 2.58. The lowest BCUT2D eigenvalue weighted by atomic mass is 10.3. The van der Waals surface area contributed by atoms with Crippen LogP contribution in [0.25, 0.3) is 5.65 Å². The third kappa shape index (κ3) is 1.29. The summed E-state index contributed by atoms with van der Waals surface area (Å²) in [6, 6.07) is 3.95. The number of hydrogen-bond acceptors (Lipinski definition) is 2. The Kier molecular flexibility index (Phi) is 2.22. The van der Waals surface area contributed by atoms with Crippen LogP contribution < -0.4 is 0 Å². The highest BCUT2D eigenvalue weighted by Gasteiger charge is 2.11. The summed E-state index contributed by atoms with van der Waals surface area (Å²) in [5.74, 6) is 0. The SMILES string of the molecule is Cc1cc(Br)cn2c(C#N)c(Cl)nc12. The third-order valence-corrected chi connectivity index (χ3v) is 2.63. The molecule has 5 heteroatoms. The number of hydrogen-bond donors (Lipinski definition) is 0. The minimum absolute atomic E-state index is 0.244. The molecule has 3 nitrogen and oxygen atoms in total. The van der Waals surface area contributed by atoms with E-state index in [4.69, 9.17) is 16.9 Å². The van der Waals surface area contributed by atoms with E-state index in [9.17, 15) is 0 Å². The molecule has 2 rings (SSSR count). The molecule has 0 unspecified atom stereocenters. The molecule has 0 saturated heterocycles. The summed E-state index contributed by atoms with van der Waals surface area (Å²) in [4.78, 5) is 4.11. The van der Waals surface area contributed by atoms with Gasteiger partial charge in [-0.2, -0.15) is 5.26 Å². The molecule has 14 heavy (non-hydrogen) atoms. The van der Waals surface area contributed by atoms with E-state index in [0.717, 1.165) is 15.7 Å². The molecule has 0 aromatic carbocycles. The van der Waals surface area contributed by atoms with E-state index < -0.39 is 0 Å². The number of fused-ring (bicyclic) bond motifs is 1. The quantitative estimate of drug-likeness (QED) is 0.738. The molecule has 0 radical (unpaired) electrons. The molecule has 2 aromatic rings. The first kappa shape index (κ1) is 9.50. The van der Waals surface area contributed by atoms with Crippen molar-refractivity contribution in [3.8, 4) is 6.07 Å². The van der Waals surface area contributed by atoms with Crippen LogP contribution in [0, 0.1) is 18.3 Å². The number of imidazole rings is 1. The van der Waals surface area contributed by atoms with Gasteiger partial charge in [0.15, 0.2) is 10.8 Å². The minimum atomic E-state index is 0.244. The number of nitriles is 1. The molecule has 0 aliphatic carbocycles. The summed E-state index contributed by atoms with van der Waals surface area (Å²) in [6.07, 6.45) is 1.78. The van der Waals surface area contributed by atoms with E-state index in [1.54, 1.807) is 10.6 Å². The average Bonchev–Trinajstić information content (AvgIpc) is 2.41. The molecule has 0 fully saturated rings. The fraction of sp³-hybridized carbons (Fsp3) is 0.111. The van der Waals surface area contributed by atoms with Crippen molar-refractivity contribution in [3.05, 3.63) is 33.1 Å². The first-order chi connectivity index (χ1) is 6.63. The van der Waals surface area contributed by atoms with Crippen molar-refractivity contribution >= 4 is 33.2 Å². The van der Waals surface area contributed by atoms with Crippen LogP contribution in [-0.2, 0) is 0 Å². The van der Waals surface area contributed by atoms with Gasteiger partial charge < -0.3 is 0 Å². The molecule has 2 heterocycles. The minimum Gasteiger partial charge on any atom is -0.289 e. The molecule has 0 amide bonds. The summed E-state index contributed by atoms with van der Waals surface area (Å²) in [7, 11) is 0. The molecule has 70 valence electrons. The second-order valence-corrected chi connectivity index (χ2v) is 4.17. The van der Waals surface area contributed by atoms with Gasteiger partial charge in [-0.3, -0.25) is 4.40 Å². The highest BCUT2D eigenvalue weighted by atomic mass is 79.9. The van der Waals surface area contributed by atoms with Crippen molar-refractivity contribution in [1.29, 1.82) is 5.26 Å². The van der Waals surface area contributed by atoms with Crippen LogP contribution in [0.2, 0.25) is 5.15 Å². The van der Waals surface area contributed by atoms with Crippen LogP contribution in [0.15, 0.2) is 16.7 Å². The van der Waals surface area contributed by atoms with Gasteiger partial charge in [0.25, 0.3) is 0 Å². The van der Waals surface area contributed by atoms with Gasteiger partial charge in [0, 0.05) is 10.7 Å². The zero-order chi connectivity index (χ0) is 10.3. The van der Waals surface area contributed by atoms with Crippen molar-refractivity contribution in [2.75, 3.05) is 0 Å². The maximum Gasteiger partial charge on any atom is 0.166 e. The standard InChI is InChI=1S/C9H5BrClN3/c1-5-2-6(10)4-14-7(3-12)8(11)13-9(5)14/h2,4H,1H3. The van der Waals surface area contributed by atoms with Gasteiger partial charge in [0.2, 0.25) is 0 Å². The molecule has 0 atom stereocenters. The van der Waals surface area contributed by atoms with Gasteiger partial charge in [-0.25, -0.2) is 4.98 Å². The maximum atomic E-state index is 8.88. The lowest BCUT2D eigenvalue weighted by molar-refractivity contribution is 1.12. The Morgan fingerprint density at radius 1 is 1.64 bits per heavy atom. The lowest BCUT2D eigenvalue weighted by Gasteiger charge is -1.99. The van der Waals surface area contributed by atoms with Crippen LogP contribution in [0.4, 0.5) is 0 Å². The summed E-state index contributed by atoms with van der Waals surface area (Å²) in [6.45, 7) is 1.92. The van der Waals surface area contributed by atoms with Gasteiger partial charge in [-0.1, -0.05) is 11.6 Å². The van der Waals surface area contributed by atoms with Crippen molar-refractivity contribution in [1.82, 2.24) is 9.38 Å². The van der Waals surface area contributed by atoms with Gasteiger partial charge in [0.05, 0.1) is 0 Å². The van der Waals surface area contributed by atoms with E-state index in [1.165, 1.54) is 0 Å². The van der Waals surface area contributed by atoms with E-state index in [2.05, 4.69) is 20.9 Å². The van der Waals surface area contributed by atoms with Crippen LogP contribution in [-0.4, -0.2) is 9.38 Å². The number of rotatable bonds is 0. The number of aromatic nitrogens is 2. The van der Waals surface area contributed by atoms with Crippen LogP contribution in [0.1, 0.15) is 11.3 Å². The Morgan fingerprint density at radius 3 is 3.00 bits per heavy atom. The van der Waals surface area contributed by atoms with Crippen LogP contribution in [0.3, 0.4) is 0 Å². The first-order valence-corrected chi connectivity index (χ1v) is 5.04. The van der Waals surface area contributed by atoms with Gasteiger partial charge in [-0.15, -0.1) is 0 Å². The van der Waals surface area contributed by atoms with Crippen molar-refractivity contribution < 1.29 is 0 Å². The molecule has 0 aliphatic rings. The molecule has 0 bridgehead atoms. The number of halogens is 2. The Hall–Kier alpha value is -1.05. The third-order valence-electron chi connectivity index (χ3n) is 1.93. The average molecular weight is 271 g/mol. The smallest absolute Gasteiger partial charge is 0.166 e.